The molecular weight excluding hydrogens is 592 g/mol. The highest BCUT2D eigenvalue weighted by molar-refractivity contribution is 5.70. The van der Waals surface area contributed by atoms with E-state index in [1.54, 1.807) is 45.4 Å². The van der Waals surface area contributed by atoms with Crippen molar-refractivity contribution in [3.63, 3.8) is 0 Å². The fourth-order valence-electron chi connectivity index (χ4n) is 5.65. The Bertz CT molecular complexity index is 1070. The number of rotatable bonds is 13. The number of cyclic esters (lactones) is 1. The molecule has 1 unspecified atom stereocenters. The van der Waals surface area contributed by atoms with Crippen LogP contribution >= 0.6 is 0 Å². The second kappa shape index (κ2) is 17.8. The van der Waals surface area contributed by atoms with Crippen molar-refractivity contribution in [3.8, 4) is 0 Å². The molecule has 0 aromatic carbocycles. The number of nitrogens with zero attached hydrogens (tertiary/aromatic N) is 2. The molecule has 2 heterocycles. The predicted octanol–water partition coefficient (Wildman–Crippen LogP) is 3.86. The second-order valence-electron chi connectivity index (χ2n) is 13.9. The molecule has 2 aliphatic heterocycles. The first-order valence-electron chi connectivity index (χ1n) is 16.5. The number of likely N-dealkylation sites (N-methyl/N-ethyl adjacent to an activating group) is 2. The Morgan fingerprint density at radius 1 is 1.26 bits per heavy atom. The molecule has 0 aliphatic carbocycles. The number of aliphatic hydroxyl groups is 3. The molecule has 0 bridgehead atoms. The molecule has 2 aliphatic rings. The van der Waals surface area contributed by atoms with E-state index in [2.05, 4.69) is 0 Å². The Hall–Kier alpha value is -2.28. The van der Waals surface area contributed by atoms with Gasteiger partial charge in [0.1, 0.15) is 11.7 Å². The number of methoxy groups -OCH3 is 1. The normalized spacial score (nSPS) is 32.9. The van der Waals surface area contributed by atoms with Gasteiger partial charge in [-0.15, -0.1) is 0 Å². The first-order chi connectivity index (χ1) is 21.4. The maximum Gasteiger partial charge on any atom is 0.410 e. The Balaban J connectivity index is 2.26. The van der Waals surface area contributed by atoms with Gasteiger partial charge in [0.25, 0.3) is 0 Å². The summed E-state index contributed by atoms with van der Waals surface area (Å²) in [4.78, 5) is 29.4. The third-order valence-electron chi connectivity index (χ3n) is 9.23. The molecule has 1 saturated heterocycles. The van der Waals surface area contributed by atoms with Gasteiger partial charge in [0.15, 0.2) is 6.10 Å². The van der Waals surface area contributed by atoms with Crippen LogP contribution in [0.5, 0.6) is 0 Å². The summed E-state index contributed by atoms with van der Waals surface area (Å²) < 4.78 is 23.5. The predicted molar refractivity (Wildman–Crippen MR) is 177 cm³/mol. The summed E-state index contributed by atoms with van der Waals surface area (Å²) in [6.45, 7) is 12.3. The van der Waals surface area contributed by atoms with E-state index in [4.69, 9.17) is 18.9 Å². The van der Waals surface area contributed by atoms with Crippen LogP contribution in [0.1, 0.15) is 73.6 Å². The zero-order valence-electron chi connectivity index (χ0n) is 29.6. The van der Waals surface area contributed by atoms with Crippen molar-refractivity contribution >= 4 is 12.1 Å². The molecule has 0 radical (unpaired) electrons. The van der Waals surface area contributed by atoms with Crippen molar-refractivity contribution in [2.75, 3.05) is 41.3 Å². The average Bonchev–Trinajstić information content (AvgIpc) is 3.75. The third kappa shape index (κ3) is 12.4. The average molecular weight is 653 g/mol. The van der Waals surface area contributed by atoms with Gasteiger partial charge in [-0.1, -0.05) is 45.1 Å². The summed E-state index contributed by atoms with van der Waals surface area (Å²) in [5.74, 6) is -0.854. The van der Waals surface area contributed by atoms with Gasteiger partial charge < -0.3 is 44.1 Å². The first-order valence-corrected chi connectivity index (χ1v) is 16.5. The Morgan fingerprint density at radius 2 is 1.93 bits per heavy atom. The highest BCUT2D eigenvalue weighted by Gasteiger charge is 2.47. The standard InChI is InChI=1S/C35H60N2O9/c1-11-27(39)25(4)32-28(44-32)22-34(5,42)17-12-13-23(2)31-24(3)14-15-29(45-33(41)37(9)20-19-36(7)8)35(6,43-10)18-16-26(38)21-30(40)46-31/h12-15,17,24-29,31-32,38-39,42H,11,16,18-22H2,1-10H3/b15-14+,17-12+,23-13+/t24-,25+,26-,27+,28+,29-,31+,32+,34?,35-/m0/s1. The van der Waals surface area contributed by atoms with Crippen LogP contribution in [0.2, 0.25) is 0 Å². The van der Waals surface area contributed by atoms with E-state index < -0.39 is 47.7 Å². The third-order valence-corrected chi connectivity index (χ3v) is 9.23. The number of amides is 1. The zero-order chi connectivity index (χ0) is 34.8. The van der Waals surface area contributed by atoms with Crippen molar-refractivity contribution < 1.29 is 43.9 Å². The first kappa shape index (κ1) is 39.9. The van der Waals surface area contributed by atoms with Crippen LogP contribution in [0, 0.1) is 11.8 Å². The van der Waals surface area contributed by atoms with E-state index >= 15 is 0 Å². The van der Waals surface area contributed by atoms with Crippen molar-refractivity contribution in [2.45, 2.75) is 121 Å². The molecule has 11 heteroatoms. The monoisotopic (exact) mass is 652 g/mol. The summed E-state index contributed by atoms with van der Waals surface area (Å²) in [5.41, 5.74) is -1.37. The Morgan fingerprint density at radius 3 is 2.54 bits per heavy atom. The lowest BCUT2D eigenvalue weighted by Crippen LogP contribution is -2.46. The van der Waals surface area contributed by atoms with E-state index in [0.29, 0.717) is 32.4 Å². The minimum Gasteiger partial charge on any atom is -0.457 e. The molecule has 0 aromatic rings. The van der Waals surface area contributed by atoms with Gasteiger partial charge in [0, 0.05) is 45.5 Å². The number of carbonyl (C=O) groups excluding carboxylic acids is 2. The summed E-state index contributed by atoms with van der Waals surface area (Å²) in [6, 6.07) is 0. The fourth-order valence-corrected chi connectivity index (χ4v) is 5.65. The summed E-state index contributed by atoms with van der Waals surface area (Å²) >= 11 is 0. The summed E-state index contributed by atoms with van der Waals surface area (Å²) in [5, 5.41) is 31.8. The maximum absolute atomic E-state index is 13.0. The quantitative estimate of drug-likeness (QED) is 0.116. The number of aliphatic hydroxyl groups excluding tert-OH is 2. The van der Waals surface area contributed by atoms with Crippen molar-refractivity contribution in [1.82, 2.24) is 9.80 Å². The topological polar surface area (TPSA) is 142 Å². The number of hydrogen-bond donors (Lipinski definition) is 3. The number of ether oxygens (including phenoxy) is 4. The highest BCUT2D eigenvalue weighted by atomic mass is 16.6. The number of epoxide rings is 1. The Labute approximate surface area is 276 Å². The van der Waals surface area contributed by atoms with E-state index in [-0.39, 0.29) is 36.9 Å². The number of hydrogen-bond acceptors (Lipinski definition) is 10. The summed E-state index contributed by atoms with van der Waals surface area (Å²) in [7, 11) is 7.09. The van der Waals surface area contributed by atoms with E-state index in [1.807, 2.05) is 59.7 Å². The minimum atomic E-state index is -1.15. The number of carbonyl (C=O) groups is 2. The van der Waals surface area contributed by atoms with Crippen LogP contribution in [0.25, 0.3) is 0 Å². The lowest BCUT2D eigenvalue weighted by atomic mass is 9.88. The van der Waals surface area contributed by atoms with Crippen LogP contribution in [-0.2, 0) is 23.7 Å². The molecule has 1 fully saturated rings. The van der Waals surface area contributed by atoms with Crippen molar-refractivity contribution in [1.29, 1.82) is 0 Å². The van der Waals surface area contributed by atoms with Gasteiger partial charge in [0.05, 0.1) is 36.4 Å². The molecule has 1 amide bonds. The maximum atomic E-state index is 13.0. The van der Waals surface area contributed by atoms with Gasteiger partial charge in [-0.3, -0.25) is 4.79 Å². The Kier molecular flexibility index (Phi) is 15.4. The van der Waals surface area contributed by atoms with E-state index in [9.17, 15) is 24.9 Å². The lowest BCUT2D eigenvalue weighted by Gasteiger charge is -2.36. The molecule has 0 saturated carbocycles. The van der Waals surface area contributed by atoms with Crippen LogP contribution in [0.3, 0.4) is 0 Å². The van der Waals surface area contributed by atoms with Crippen LogP contribution in [0.4, 0.5) is 4.79 Å². The van der Waals surface area contributed by atoms with Gasteiger partial charge >= 0.3 is 12.1 Å². The lowest BCUT2D eigenvalue weighted by molar-refractivity contribution is -0.151. The second-order valence-corrected chi connectivity index (χ2v) is 13.9. The molecule has 11 nitrogen and oxygen atoms in total. The molecule has 0 aromatic heterocycles. The van der Waals surface area contributed by atoms with Crippen LogP contribution in [-0.4, -0.2) is 126 Å². The van der Waals surface area contributed by atoms with Gasteiger partial charge in [-0.05, 0) is 65.8 Å². The van der Waals surface area contributed by atoms with Crippen LogP contribution < -0.4 is 0 Å². The molecule has 264 valence electrons. The molecule has 3 N–H and O–H groups in total. The molecule has 10 atom stereocenters. The minimum absolute atomic E-state index is 0.00498. The van der Waals surface area contributed by atoms with Crippen molar-refractivity contribution in [3.05, 3.63) is 36.0 Å². The molecule has 0 spiro atoms. The fraction of sp³-hybridized carbons (Fsp3) is 0.771. The van der Waals surface area contributed by atoms with Crippen LogP contribution in [0.15, 0.2) is 36.0 Å². The number of allylic oxidation sites excluding steroid dienone is 2. The van der Waals surface area contributed by atoms with E-state index in [1.165, 1.54) is 4.90 Å². The number of esters is 1. The highest BCUT2D eigenvalue weighted by Crippen LogP contribution is 2.37. The van der Waals surface area contributed by atoms with Gasteiger partial charge in [0.2, 0.25) is 0 Å². The van der Waals surface area contributed by atoms with Crippen molar-refractivity contribution in [2.24, 2.45) is 11.8 Å². The zero-order valence-corrected chi connectivity index (χ0v) is 29.6. The molecule has 46 heavy (non-hydrogen) atoms. The largest absolute Gasteiger partial charge is 0.457 e. The smallest absolute Gasteiger partial charge is 0.410 e. The molecular formula is C35H60N2O9. The summed E-state index contributed by atoms with van der Waals surface area (Å²) in [6.07, 6.45) is 6.75. The van der Waals surface area contributed by atoms with Gasteiger partial charge in [-0.2, -0.15) is 0 Å². The molecule has 2 rings (SSSR count). The SMILES string of the molecule is CC[C@@H](O)[C@@H](C)[C@H]1O[C@@H]1CC(C)(O)/C=C/C=C(\C)[C@H]1OC(=O)C[C@@H](O)CC[C@](C)(OC)[C@@H](OC(=O)N(C)CCN(C)C)/C=C/[C@@H]1C. The van der Waals surface area contributed by atoms with E-state index in [0.717, 1.165) is 5.57 Å². The van der Waals surface area contributed by atoms with Gasteiger partial charge in [-0.25, -0.2) is 4.79 Å².